The number of carboxylic acids is 1. The van der Waals surface area contributed by atoms with Crippen molar-refractivity contribution in [3.63, 3.8) is 0 Å². The predicted octanol–water partition coefficient (Wildman–Crippen LogP) is 5.40. The number of aryl methyl sites for hydroxylation is 1. The van der Waals surface area contributed by atoms with Gasteiger partial charge >= 0.3 is 18.9 Å². The van der Waals surface area contributed by atoms with Gasteiger partial charge in [0.2, 0.25) is 5.39 Å². The van der Waals surface area contributed by atoms with Gasteiger partial charge in [0.25, 0.3) is 0 Å². The maximum Gasteiger partial charge on any atom is 0.673 e. The third kappa shape index (κ3) is 7.31. The number of rotatable bonds is 3. The van der Waals surface area contributed by atoms with Crippen molar-refractivity contribution in [2.75, 3.05) is 0 Å². The van der Waals surface area contributed by atoms with E-state index in [9.17, 15) is 27.2 Å². The quantitative estimate of drug-likeness (QED) is 0.264. The molecule has 4 nitrogen and oxygen atoms in total. The minimum atomic E-state index is -6.00. The highest BCUT2D eigenvalue weighted by molar-refractivity contribution is 6.50. The van der Waals surface area contributed by atoms with E-state index in [1.54, 1.807) is 36.4 Å². The number of hydrogen-bond acceptors (Lipinski definition) is 2. The lowest BCUT2D eigenvalue weighted by atomic mass is 10.0. The maximum atomic E-state index is 11.4. The normalized spacial score (nSPS) is 11.1. The highest BCUT2D eigenvalue weighted by atomic mass is 19.5. The van der Waals surface area contributed by atoms with Gasteiger partial charge in [0.15, 0.2) is 4.98 Å². The van der Waals surface area contributed by atoms with Crippen molar-refractivity contribution < 1.29 is 27.2 Å². The Kier molecular flexibility index (Phi) is 6.87. The van der Waals surface area contributed by atoms with E-state index in [-0.39, 0.29) is 5.57 Å². The summed E-state index contributed by atoms with van der Waals surface area (Å²) in [5.41, 5.74) is 2.70. The number of hydrogen-bond donors (Lipinski definition) is 1. The van der Waals surface area contributed by atoms with Crippen LogP contribution in [0.4, 0.5) is 23.0 Å². The number of carbonyl (C=O) groups is 1. The number of carboxylic acid groups (broad SMARTS) is 1. The van der Waals surface area contributed by atoms with Crippen molar-refractivity contribution in [1.29, 1.82) is 5.39 Å². The van der Waals surface area contributed by atoms with Crippen LogP contribution in [0, 0.1) is 12.3 Å². The summed E-state index contributed by atoms with van der Waals surface area (Å²) >= 11 is 0. The van der Waals surface area contributed by atoms with Crippen LogP contribution in [0.5, 0.6) is 0 Å². The van der Waals surface area contributed by atoms with E-state index < -0.39 is 13.2 Å². The van der Waals surface area contributed by atoms with Gasteiger partial charge < -0.3 is 22.4 Å². The standard InChI is InChI=1S/C16H12N2O2.BF4/c1-11-6-8-12(9-7-11)14(16(19)20)10-13-4-2-3-5-15(13)18-17;2-1(3,4)5/h2-10H,1H3;/q;-1/p+1/b14-10+;. The summed E-state index contributed by atoms with van der Waals surface area (Å²) in [6.07, 6.45) is 1.50. The lowest BCUT2D eigenvalue weighted by Gasteiger charge is -2.03. The van der Waals surface area contributed by atoms with E-state index in [2.05, 4.69) is 4.98 Å². The fourth-order valence-corrected chi connectivity index (χ4v) is 1.86. The third-order valence-corrected chi connectivity index (χ3v) is 2.94. The number of aliphatic carboxylic acids is 1. The predicted molar refractivity (Wildman–Crippen MR) is 88.1 cm³/mol. The topological polar surface area (TPSA) is 65.5 Å². The minimum absolute atomic E-state index is 0.154. The molecule has 2 aromatic rings. The zero-order valence-corrected chi connectivity index (χ0v) is 13.0. The molecular formula is C16H13BF4N2O2. The molecule has 25 heavy (non-hydrogen) atoms. The largest absolute Gasteiger partial charge is 0.673 e. The summed E-state index contributed by atoms with van der Waals surface area (Å²) in [6.45, 7) is 1.94. The van der Waals surface area contributed by atoms with Crippen molar-refractivity contribution in [1.82, 2.24) is 0 Å². The maximum absolute atomic E-state index is 11.4. The SMILES string of the molecule is Cc1ccc(/C(=C\c2ccccc2[N+]#N)C(=O)O)cc1.F[B-](F)(F)F. The molecule has 0 aliphatic rings. The molecule has 130 valence electrons. The van der Waals surface area contributed by atoms with Crippen LogP contribution in [0.3, 0.4) is 0 Å². The summed E-state index contributed by atoms with van der Waals surface area (Å²) in [4.78, 5) is 14.6. The average molecular weight is 352 g/mol. The molecule has 2 rings (SSSR count). The van der Waals surface area contributed by atoms with E-state index in [0.717, 1.165) is 5.56 Å². The third-order valence-electron chi connectivity index (χ3n) is 2.94. The minimum Gasteiger partial charge on any atom is -0.478 e. The van der Waals surface area contributed by atoms with E-state index in [1.165, 1.54) is 6.08 Å². The van der Waals surface area contributed by atoms with E-state index in [0.29, 0.717) is 16.8 Å². The summed E-state index contributed by atoms with van der Waals surface area (Å²) < 4.78 is 39.0. The number of benzene rings is 2. The van der Waals surface area contributed by atoms with Gasteiger partial charge in [-0.25, -0.2) is 4.79 Å². The molecule has 0 atom stereocenters. The van der Waals surface area contributed by atoms with Gasteiger partial charge in [0.05, 0.1) is 11.1 Å². The Bertz CT molecular complexity index is 806. The van der Waals surface area contributed by atoms with Crippen LogP contribution in [0.15, 0.2) is 48.5 Å². The van der Waals surface area contributed by atoms with Gasteiger partial charge in [-0.05, 0) is 24.6 Å². The number of diazo groups is 1. The highest BCUT2D eigenvalue weighted by Crippen LogP contribution is 2.25. The van der Waals surface area contributed by atoms with Crippen LogP contribution in [-0.2, 0) is 4.79 Å². The molecule has 0 saturated heterocycles. The van der Waals surface area contributed by atoms with E-state index in [1.807, 2.05) is 19.1 Å². The fourth-order valence-electron chi connectivity index (χ4n) is 1.86. The smallest absolute Gasteiger partial charge is 0.478 e. The first-order chi connectivity index (χ1) is 11.6. The van der Waals surface area contributed by atoms with E-state index >= 15 is 0 Å². The zero-order valence-electron chi connectivity index (χ0n) is 13.0. The molecule has 0 bridgehead atoms. The fraction of sp³-hybridized carbons (Fsp3) is 0.0625. The van der Waals surface area contributed by atoms with Crippen LogP contribution in [-0.4, -0.2) is 18.3 Å². The lowest BCUT2D eigenvalue weighted by molar-refractivity contribution is -0.130. The van der Waals surface area contributed by atoms with Gasteiger partial charge in [-0.2, -0.15) is 0 Å². The van der Waals surface area contributed by atoms with Gasteiger partial charge in [-0.1, -0.05) is 42.0 Å². The first-order valence-corrected chi connectivity index (χ1v) is 6.95. The Hall–Kier alpha value is -3.15. The van der Waals surface area contributed by atoms with Crippen molar-refractivity contribution >= 4 is 30.6 Å². The van der Waals surface area contributed by atoms with E-state index in [4.69, 9.17) is 5.39 Å². The number of halogens is 4. The zero-order chi connectivity index (χ0) is 19.0. The molecule has 2 aromatic carbocycles. The molecule has 9 heteroatoms. The van der Waals surface area contributed by atoms with Gasteiger partial charge in [-0.15, -0.1) is 0 Å². The summed E-state index contributed by atoms with van der Waals surface area (Å²) in [6, 6.07) is 14.0. The molecule has 0 heterocycles. The van der Waals surface area contributed by atoms with Crippen LogP contribution in [0.25, 0.3) is 16.6 Å². The van der Waals surface area contributed by atoms with Crippen LogP contribution in [0.2, 0.25) is 0 Å². The Morgan fingerprint density at radius 2 is 1.60 bits per heavy atom. The Morgan fingerprint density at radius 3 is 2.08 bits per heavy atom. The highest BCUT2D eigenvalue weighted by Gasteiger charge is 2.20. The monoisotopic (exact) mass is 352 g/mol. The second-order valence-electron chi connectivity index (χ2n) is 4.88. The molecular weight excluding hydrogens is 339 g/mol. The molecule has 0 fully saturated rings. The van der Waals surface area contributed by atoms with Crippen molar-refractivity contribution in [2.45, 2.75) is 6.92 Å². The van der Waals surface area contributed by atoms with Crippen molar-refractivity contribution in [3.05, 3.63) is 70.2 Å². The molecule has 0 spiro atoms. The first-order valence-electron chi connectivity index (χ1n) is 6.95. The first kappa shape index (κ1) is 19.9. The summed E-state index contributed by atoms with van der Waals surface area (Å²) in [5.74, 6) is -1.03. The van der Waals surface area contributed by atoms with Gasteiger partial charge in [-0.3, -0.25) is 0 Å². The number of nitrogens with zero attached hydrogens (tertiary/aromatic N) is 2. The van der Waals surface area contributed by atoms with Crippen LogP contribution < -0.4 is 0 Å². The summed E-state index contributed by atoms with van der Waals surface area (Å²) in [7, 11) is -6.00. The van der Waals surface area contributed by atoms with Crippen LogP contribution >= 0.6 is 0 Å². The molecule has 1 N–H and O–H groups in total. The molecule has 0 aromatic heterocycles. The van der Waals surface area contributed by atoms with Gasteiger partial charge in [0, 0.05) is 6.07 Å². The Balaban J connectivity index is 0.000000550. The summed E-state index contributed by atoms with van der Waals surface area (Å²) in [5, 5.41) is 18.3. The molecule has 0 aliphatic heterocycles. The molecule has 0 radical (unpaired) electrons. The Morgan fingerprint density at radius 1 is 1.08 bits per heavy atom. The molecule has 0 unspecified atom stereocenters. The second-order valence-corrected chi connectivity index (χ2v) is 4.88. The average Bonchev–Trinajstić information content (AvgIpc) is 2.52. The second kappa shape index (κ2) is 8.64. The molecule has 0 amide bonds. The van der Waals surface area contributed by atoms with Gasteiger partial charge in [0.1, 0.15) is 0 Å². The van der Waals surface area contributed by atoms with Crippen molar-refractivity contribution in [2.24, 2.45) is 0 Å². The lowest BCUT2D eigenvalue weighted by Crippen LogP contribution is -2.02. The Labute approximate surface area is 141 Å². The van der Waals surface area contributed by atoms with Crippen LogP contribution in [0.1, 0.15) is 16.7 Å². The van der Waals surface area contributed by atoms with Crippen molar-refractivity contribution in [3.8, 4) is 0 Å². The molecule has 0 saturated carbocycles. The molecule has 0 aliphatic carbocycles.